The van der Waals surface area contributed by atoms with Crippen LogP contribution < -0.4 is 11.1 Å². The number of hydrogen-bond acceptors (Lipinski definition) is 3. The van der Waals surface area contributed by atoms with Gasteiger partial charge in [0.1, 0.15) is 5.82 Å². The molecular formula is C12H18FN3O. The number of hydrogen-bond donors (Lipinski definition) is 2. The van der Waals surface area contributed by atoms with E-state index in [2.05, 4.69) is 10.3 Å². The highest BCUT2D eigenvalue weighted by Gasteiger charge is 2.16. The van der Waals surface area contributed by atoms with Gasteiger partial charge in [-0.3, -0.25) is 9.78 Å². The summed E-state index contributed by atoms with van der Waals surface area (Å²) in [5, 5.41) is 2.84. The summed E-state index contributed by atoms with van der Waals surface area (Å²) in [7, 11) is 0. The second kappa shape index (κ2) is 6.30. The van der Waals surface area contributed by atoms with Crippen LogP contribution >= 0.6 is 0 Å². The Morgan fingerprint density at radius 3 is 2.76 bits per heavy atom. The molecule has 4 nitrogen and oxygen atoms in total. The Balaban J connectivity index is 2.70. The Morgan fingerprint density at radius 1 is 1.53 bits per heavy atom. The lowest BCUT2D eigenvalue weighted by Crippen LogP contribution is -2.40. The molecule has 0 aliphatic rings. The van der Waals surface area contributed by atoms with Gasteiger partial charge < -0.3 is 11.1 Å². The molecule has 17 heavy (non-hydrogen) atoms. The van der Waals surface area contributed by atoms with Gasteiger partial charge in [0.15, 0.2) is 0 Å². The summed E-state index contributed by atoms with van der Waals surface area (Å²) in [6, 6.07) is 1.16. The third-order valence-electron chi connectivity index (χ3n) is 2.57. The van der Waals surface area contributed by atoms with Gasteiger partial charge in [0, 0.05) is 12.2 Å². The zero-order valence-electron chi connectivity index (χ0n) is 10.1. The van der Waals surface area contributed by atoms with E-state index in [1.54, 1.807) is 0 Å². The molecule has 94 valence electrons. The van der Waals surface area contributed by atoms with Crippen molar-refractivity contribution < 1.29 is 9.18 Å². The van der Waals surface area contributed by atoms with Crippen LogP contribution in [-0.2, 0) is 0 Å². The summed E-state index contributed by atoms with van der Waals surface area (Å²) in [5.74, 6) is -0.550. The third-order valence-corrected chi connectivity index (χ3v) is 2.57. The molecule has 1 heterocycles. The Bertz CT molecular complexity index is 382. The van der Waals surface area contributed by atoms with Crippen molar-refractivity contribution in [3.63, 3.8) is 0 Å². The quantitative estimate of drug-likeness (QED) is 0.814. The van der Waals surface area contributed by atoms with E-state index in [0.29, 0.717) is 13.0 Å². The van der Waals surface area contributed by atoms with E-state index in [1.165, 1.54) is 12.3 Å². The molecule has 1 unspecified atom stereocenters. The van der Waals surface area contributed by atoms with Crippen molar-refractivity contribution >= 4 is 5.91 Å². The fourth-order valence-corrected chi connectivity index (χ4v) is 1.54. The summed E-state index contributed by atoms with van der Waals surface area (Å²) in [6.07, 6.45) is 3.11. The van der Waals surface area contributed by atoms with Crippen LogP contribution in [0.3, 0.4) is 0 Å². The van der Waals surface area contributed by atoms with Crippen molar-refractivity contribution in [2.24, 2.45) is 11.7 Å². The van der Waals surface area contributed by atoms with Crippen LogP contribution in [0, 0.1) is 11.7 Å². The van der Waals surface area contributed by atoms with E-state index >= 15 is 0 Å². The van der Waals surface area contributed by atoms with Crippen molar-refractivity contribution in [2.45, 2.75) is 26.3 Å². The highest BCUT2D eigenvalue weighted by molar-refractivity contribution is 5.94. The molecule has 1 amide bonds. The zero-order chi connectivity index (χ0) is 12.8. The van der Waals surface area contributed by atoms with E-state index in [1.807, 2.05) is 13.8 Å². The molecule has 0 bridgehead atoms. The van der Waals surface area contributed by atoms with Gasteiger partial charge in [0.25, 0.3) is 5.91 Å². The van der Waals surface area contributed by atoms with Gasteiger partial charge in [0.2, 0.25) is 0 Å². The number of amides is 1. The van der Waals surface area contributed by atoms with Crippen LogP contribution in [0.15, 0.2) is 18.5 Å². The van der Waals surface area contributed by atoms with Crippen LogP contribution in [0.1, 0.15) is 30.6 Å². The number of carbonyl (C=O) groups is 1. The minimum absolute atomic E-state index is 0.00392. The first-order valence-corrected chi connectivity index (χ1v) is 5.66. The predicted molar refractivity (Wildman–Crippen MR) is 64.0 cm³/mol. The van der Waals surface area contributed by atoms with E-state index in [4.69, 9.17) is 5.73 Å². The van der Waals surface area contributed by atoms with Crippen molar-refractivity contribution in [1.82, 2.24) is 10.3 Å². The molecule has 0 aliphatic carbocycles. The van der Waals surface area contributed by atoms with Gasteiger partial charge in [0.05, 0.1) is 11.8 Å². The van der Waals surface area contributed by atoms with Gasteiger partial charge >= 0.3 is 0 Å². The molecule has 0 aromatic carbocycles. The SMILES string of the molecule is CC(C)C(CCN)NC(=O)c1cncc(F)c1. The van der Waals surface area contributed by atoms with E-state index in [9.17, 15) is 9.18 Å². The lowest BCUT2D eigenvalue weighted by atomic mass is 10.0. The largest absolute Gasteiger partial charge is 0.349 e. The number of carbonyl (C=O) groups excluding carboxylic acids is 1. The average molecular weight is 239 g/mol. The van der Waals surface area contributed by atoms with Crippen LogP contribution in [0.5, 0.6) is 0 Å². The lowest BCUT2D eigenvalue weighted by Gasteiger charge is -2.21. The number of nitrogens with one attached hydrogen (secondary N) is 1. The smallest absolute Gasteiger partial charge is 0.253 e. The van der Waals surface area contributed by atoms with Gasteiger partial charge in [-0.05, 0) is 24.9 Å². The minimum atomic E-state index is -0.516. The maximum atomic E-state index is 12.9. The first-order valence-electron chi connectivity index (χ1n) is 5.66. The highest BCUT2D eigenvalue weighted by atomic mass is 19.1. The van der Waals surface area contributed by atoms with Gasteiger partial charge in [-0.25, -0.2) is 4.39 Å². The van der Waals surface area contributed by atoms with Crippen LogP contribution in [0.4, 0.5) is 4.39 Å². The van der Waals surface area contributed by atoms with Crippen LogP contribution in [-0.4, -0.2) is 23.5 Å². The highest BCUT2D eigenvalue weighted by Crippen LogP contribution is 2.07. The Morgan fingerprint density at radius 2 is 2.24 bits per heavy atom. The molecular weight excluding hydrogens is 221 g/mol. The molecule has 0 saturated heterocycles. The summed E-state index contributed by atoms with van der Waals surface area (Å²) >= 11 is 0. The summed E-state index contributed by atoms with van der Waals surface area (Å²) in [5.41, 5.74) is 5.71. The molecule has 1 aromatic heterocycles. The Hall–Kier alpha value is -1.49. The number of aromatic nitrogens is 1. The molecule has 0 saturated carbocycles. The number of rotatable bonds is 5. The second-order valence-corrected chi connectivity index (χ2v) is 4.29. The third kappa shape index (κ3) is 4.11. The van der Waals surface area contributed by atoms with Gasteiger partial charge in [-0.2, -0.15) is 0 Å². The van der Waals surface area contributed by atoms with Crippen molar-refractivity contribution in [1.29, 1.82) is 0 Å². The molecule has 0 spiro atoms. The normalized spacial score (nSPS) is 12.5. The fourth-order valence-electron chi connectivity index (χ4n) is 1.54. The molecule has 5 heteroatoms. The summed E-state index contributed by atoms with van der Waals surface area (Å²) in [6.45, 7) is 4.51. The van der Waals surface area contributed by atoms with Crippen molar-refractivity contribution in [2.75, 3.05) is 6.54 Å². The maximum absolute atomic E-state index is 12.9. The lowest BCUT2D eigenvalue weighted by molar-refractivity contribution is 0.0923. The van der Waals surface area contributed by atoms with E-state index < -0.39 is 5.82 Å². The standard InChI is InChI=1S/C12H18FN3O/c1-8(2)11(3-4-14)16-12(17)9-5-10(13)7-15-6-9/h5-8,11H,3-4,14H2,1-2H3,(H,16,17). The topological polar surface area (TPSA) is 68.0 Å². The van der Waals surface area contributed by atoms with Crippen LogP contribution in [0.25, 0.3) is 0 Å². The maximum Gasteiger partial charge on any atom is 0.253 e. The first kappa shape index (κ1) is 13.6. The molecule has 1 rings (SSSR count). The average Bonchev–Trinajstić information content (AvgIpc) is 2.28. The summed E-state index contributed by atoms with van der Waals surface area (Å²) < 4.78 is 12.9. The Kier molecular flexibility index (Phi) is 5.03. The van der Waals surface area contributed by atoms with E-state index in [0.717, 1.165) is 6.20 Å². The second-order valence-electron chi connectivity index (χ2n) is 4.29. The van der Waals surface area contributed by atoms with Gasteiger partial charge in [-0.1, -0.05) is 13.8 Å². The number of pyridine rings is 1. The monoisotopic (exact) mass is 239 g/mol. The molecule has 1 atom stereocenters. The first-order chi connectivity index (χ1) is 8.04. The van der Waals surface area contributed by atoms with Crippen LogP contribution in [0.2, 0.25) is 0 Å². The predicted octanol–water partition coefficient (Wildman–Crippen LogP) is 1.32. The number of nitrogens with two attached hydrogens (primary N) is 1. The fraction of sp³-hybridized carbons (Fsp3) is 0.500. The number of nitrogens with zero attached hydrogens (tertiary/aromatic N) is 1. The van der Waals surface area contributed by atoms with E-state index in [-0.39, 0.29) is 23.4 Å². The Labute approximate surface area is 100 Å². The molecule has 0 aliphatic heterocycles. The molecule has 1 aromatic rings. The number of halogens is 1. The summed E-state index contributed by atoms with van der Waals surface area (Å²) in [4.78, 5) is 15.5. The molecule has 3 N–H and O–H groups in total. The molecule has 0 radical (unpaired) electrons. The van der Waals surface area contributed by atoms with Crippen molar-refractivity contribution in [3.05, 3.63) is 29.8 Å². The molecule has 0 fully saturated rings. The van der Waals surface area contributed by atoms with Crippen molar-refractivity contribution in [3.8, 4) is 0 Å². The minimum Gasteiger partial charge on any atom is -0.349 e. The van der Waals surface area contributed by atoms with Gasteiger partial charge in [-0.15, -0.1) is 0 Å². The zero-order valence-corrected chi connectivity index (χ0v) is 10.1.